The summed E-state index contributed by atoms with van der Waals surface area (Å²) in [6, 6.07) is 10.7. The first-order valence-electron chi connectivity index (χ1n) is 9.47. The van der Waals surface area contributed by atoms with Gasteiger partial charge in [-0.05, 0) is 43.2 Å². The number of hydrogen-bond donors (Lipinski definition) is 2. The van der Waals surface area contributed by atoms with E-state index in [-0.39, 0.29) is 28.0 Å². The Labute approximate surface area is 183 Å². The van der Waals surface area contributed by atoms with Crippen molar-refractivity contribution in [2.75, 3.05) is 11.9 Å². The van der Waals surface area contributed by atoms with Crippen LogP contribution >= 0.6 is 11.6 Å². The smallest absolute Gasteiger partial charge is 0.387 e. The lowest BCUT2D eigenvalue weighted by Crippen LogP contribution is -2.22. The molecular weight excluding hydrogens is 452 g/mol. The molecule has 0 unspecified atom stereocenters. The number of sulfonamides is 1. The van der Waals surface area contributed by atoms with E-state index in [2.05, 4.69) is 19.8 Å². The summed E-state index contributed by atoms with van der Waals surface area (Å²) in [5.41, 5.74) is 0.945. The van der Waals surface area contributed by atoms with Gasteiger partial charge < -0.3 is 10.1 Å². The monoisotopic (exact) mass is 471 g/mol. The number of ether oxygens (including phenoxy) is 1. The third-order valence-electron chi connectivity index (χ3n) is 4.43. The Morgan fingerprint density at radius 1 is 1.16 bits per heavy atom. The molecule has 2 N–H and O–H groups in total. The van der Waals surface area contributed by atoms with Crippen LogP contribution in [0.25, 0.3) is 0 Å². The molecule has 166 valence electrons. The lowest BCUT2D eigenvalue weighted by atomic mass is 10.1. The second-order valence-corrected chi connectivity index (χ2v) is 8.77. The van der Waals surface area contributed by atoms with Crippen LogP contribution in [0.15, 0.2) is 52.4 Å². The molecule has 0 saturated carbocycles. The number of hydrogen-bond acceptors (Lipinski definition) is 5. The molecule has 7 nitrogen and oxygen atoms in total. The number of nitrogens with one attached hydrogen (secondary N) is 2. The van der Waals surface area contributed by atoms with Gasteiger partial charge in [-0.3, -0.25) is 14.5 Å². The molecule has 1 amide bonds. The lowest BCUT2D eigenvalue weighted by molar-refractivity contribution is -0.116. The van der Waals surface area contributed by atoms with Gasteiger partial charge in [0.25, 0.3) is 10.0 Å². The van der Waals surface area contributed by atoms with Gasteiger partial charge in [-0.2, -0.15) is 8.78 Å². The van der Waals surface area contributed by atoms with Crippen molar-refractivity contribution in [3.8, 4) is 5.75 Å². The van der Waals surface area contributed by atoms with Crippen LogP contribution in [0.3, 0.4) is 0 Å². The summed E-state index contributed by atoms with van der Waals surface area (Å²) in [7, 11) is -3.54. The lowest BCUT2D eigenvalue weighted by Gasteiger charge is -2.09. The number of carbonyl (C=O) groups excluding carboxylic acids is 1. The van der Waals surface area contributed by atoms with Crippen LogP contribution in [0.1, 0.15) is 31.2 Å². The predicted octanol–water partition coefficient (Wildman–Crippen LogP) is 4.18. The third kappa shape index (κ3) is 6.14. The Morgan fingerprint density at radius 3 is 2.68 bits per heavy atom. The van der Waals surface area contributed by atoms with Gasteiger partial charge in [0.1, 0.15) is 11.6 Å². The molecule has 0 fully saturated rings. The van der Waals surface area contributed by atoms with Crippen LogP contribution in [-0.4, -0.2) is 33.3 Å². The van der Waals surface area contributed by atoms with Gasteiger partial charge in [-0.15, -0.1) is 0 Å². The molecule has 0 saturated heterocycles. The van der Waals surface area contributed by atoms with E-state index < -0.39 is 16.6 Å². The third-order valence-corrected chi connectivity index (χ3v) is 6.12. The molecule has 2 aromatic carbocycles. The summed E-state index contributed by atoms with van der Waals surface area (Å²) in [4.78, 5) is 16.6. The van der Waals surface area contributed by atoms with E-state index in [0.717, 1.165) is 6.42 Å². The first-order chi connectivity index (χ1) is 14.8. The molecule has 0 bridgehead atoms. The number of unbranched alkanes of at least 4 members (excludes halogenated alkanes) is 2. The topological polar surface area (TPSA) is 96.9 Å². The molecular formula is C20H20ClF2N3O4S. The fourth-order valence-electron chi connectivity index (χ4n) is 3.01. The van der Waals surface area contributed by atoms with Crippen molar-refractivity contribution in [1.82, 2.24) is 4.72 Å². The summed E-state index contributed by atoms with van der Waals surface area (Å²) in [5, 5.41) is 2.62. The van der Waals surface area contributed by atoms with Gasteiger partial charge in [0.05, 0.1) is 9.92 Å². The van der Waals surface area contributed by atoms with E-state index in [4.69, 9.17) is 11.6 Å². The van der Waals surface area contributed by atoms with E-state index in [1.807, 2.05) is 0 Å². The number of amides is 1. The zero-order chi connectivity index (χ0) is 22.4. The molecule has 3 rings (SSSR count). The number of aliphatic imine (C=N–C) groups is 1. The van der Waals surface area contributed by atoms with Crippen molar-refractivity contribution in [3.05, 3.63) is 53.1 Å². The van der Waals surface area contributed by atoms with Gasteiger partial charge in [-0.25, -0.2) is 8.42 Å². The SMILES string of the molecule is O=C(CCCCCN=C1NS(=O)(=O)c2ccccc21)Nc1ccc(OC(F)F)c(Cl)c1. The number of anilines is 1. The summed E-state index contributed by atoms with van der Waals surface area (Å²) >= 11 is 5.86. The number of fused-ring (bicyclic) bond motifs is 1. The first kappa shape index (κ1) is 23.0. The molecule has 0 aliphatic carbocycles. The van der Waals surface area contributed by atoms with E-state index in [9.17, 15) is 22.0 Å². The van der Waals surface area contributed by atoms with Crippen molar-refractivity contribution < 1.29 is 26.7 Å². The van der Waals surface area contributed by atoms with Crippen LogP contribution in [0, 0.1) is 0 Å². The van der Waals surface area contributed by atoms with Crippen molar-refractivity contribution >= 4 is 39.1 Å². The number of halogens is 3. The average molecular weight is 472 g/mol. The summed E-state index contributed by atoms with van der Waals surface area (Å²) in [6.07, 6.45) is 2.28. The summed E-state index contributed by atoms with van der Waals surface area (Å²) in [6.45, 7) is -2.55. The second kappa shape index (κ2) is 10.1. The highest BCUT2D eigenvalue weighted by Gasteiger charge is 2.29. The second-order valence-electron chi connectivity index (χ2n) is 6.71. The fourth-order valence-corrected chi connectivity index (χ4v) is 4.49. The molecule has 0 atom stereocenters. The zero-order valence-electron chi connectivity index (χ0n) is 16.3. The summed E-state index contributed by atoms with van der Waals surface area (Å²) < 4.78 is 55.2. The van der Waals surface area contributed by atoms with Gasteiger partial charge in [0.15, 0.2) is 0 Å². The number of benzene rings is 2. The average Bonchev–Trinajstić information content (AvgIpc) is 2.97. The van der Waals surface area contributed by atoms with Crippen molar-refractivity contribution in [2.24, 2.45) is 4.99 Å². The van der Waals surface area contributed by atoms with E-state index >= 15 is 0 Å². The highest BCUT2D eigenvalue weighted by atomic mass is 35.5. The van der Waals surface area contributed by atoms with Gasteiger partial charge in [0.2, 0.25) is 5.91 Å². The molecule has 1 aliphatic heterocycles. The van der Waals surface area contributed by atoms with E-state index in [1.165, 1.54) is 24.3 Å². The minimum Gasteiger partial charge on any atom is -0.433 e. The maximum atomic E-state index is 12.2. The van der Waals surface area contributed by atoms with Crippen molar-refractivity contribution in [1.29, 1.82) is 0 Å². The van der Waals surface area contributed by atoms with Crippen LogP contribution in [0.5, 0.6) is 5.75 Å². The highest BCUT2D eigenvalue weighted by molar-refractivity contribution is 7.90. The van der Waals surface area contributed by atoms with Crippen LogP contribution in [-0.2, 0) is 14.8 Å². The van der Waals surface area contributed by atoms with Crippen molar-refractivity contribution in [3.63, 3.8) is 0 Å². The molecule has 0 radical (unpaired) electrons. The maximum absolute atomic E-state index is 12.2. The number of alkyl halides is 2. The Kier molecular flexibility index (Phi) is 7.45. The van der Waals surface area contributed by atoms with Gasteiger partial charge in [0, 0.05) is 24.2 Å². The quantitative estimate of drug-likeness (QED) is 0.536. The maximum Gasteiger partial charge on any atom is 0.387 e. The standard InChI is InChI=1S/C20H20ClF2N3O4S/c21-15-12-13(9-10-16(15)30-20(22)23)25-18(27)8-2-1-5-11-24-19-14-6-3-4-7-17(14)31(28,29)26-19/h3-4,6-7,9-10,12,20H,1-2,5,8,11H2,(H,24,26)(H,25,27). The molecule has 1 aliphatic rings. The summed E-state index contributed by atoms with van der Waals surface area (Å²) in [5.74, 6) is -0.0599. The Hall–Kier alpha value is -2.72. The molecule has 0 spiro atoms. The van der Waals surface area contributed by atoms with E-state index in [0.29, 0.717) is 36.5 Å². The first-order valence-corrected chi connectivity index (χ1v) is 11.3. The minimum atomic E-state index is -3.54. The largest absolute Gasteiger partial charge is 0.433 e. The minimum absolute atomic E-state index is 0.0266. The van der Waals surface area contributed by atoms with Crippen LogP contribution < -0.4 is 14.8 Å². The van der Waals surface area contributed by atoms with Crippen molar-refractivity contribution in [2.45, 2.75) is 37.2 Å². The molecule has 0 aromatic heterocycles. The van der Waals surface area contributed by atoms with Gasteiger partial charge >= 0.3 is 6.61 Å². The van der Waals surface area contributed by atoms with Crippen LogP contribution in [0.4, 0.5) is 14.5 Å². The Balaban J connectivity index is 1.40. The number of rotatable bonds is 9. The highest BCUT2D eigenvalue weighted by Crippen LogP contribution is 2.29. The molecule has 1 heterocycles. The fraction of sp³-hybridized carbons (Fsp3) is 0.300. The molecule has 2 aromatic rings. The van der Waals surface area contributed by atoms with E-state index in [1.54, 1.807) is 18.2 Å². The number of carbonyl (C=O) groups is 1. The Bertz CT molecular complexity index is 1090. The van der Waals surface area contributed by atoms with Crippen LogP contribution in [0.2, 0.25) is 5.02 Å². The normalized spacial score (nSPS) is 15.5. The predicted molar refractivity (Wildman–Crippen MR) is 113 cm³/mol. The van der Waals surface area contributed by atoms with Gasteiger partial charge in [-0.1, -0.05) is 30.2 Å². The Morgan fingerprint density at radius 2 is 1.94 bits per heavy atom. The number of amidine groups is 1. The molecule has 31 heavy (non-hydrogen) atoms. The number of nitrogens with zero attached hydrogens (tertiary/aromatic N) is 1. The zero-order valence-corrected chi connectivity index (χ0v) is 17.8. The molecule has 11 heteroatoms.